The maximum Gasteiger partial charge on any atom is 0.337 e. The fourth-order valence-corrected chi connectivity index (χ4v) is 2.27. The Morgan fingerprint density at radius 3 is 2.32 bits per heavy atom. The van der Waals surface area contributed by atoms with E-state index < -0.39 is 11.9 Å². The molecular weight excluding hydrogens is 340 g/mol. The second-order valence-corrected chi connectivity index (χ2v) is 5.86. The molecule has 0 bridgehead atoms. The van der Waals surface area contributed by atoms with Crippen molar-refractivity contribution in [2.24, 2.45) is 0 Å². The minimum absolute atomic E-state index is 0.0150. The molecule has 0 fully saturated rings. The van der Waals surface area contributed by atoms with Gasteiger partial charge in [-0.2, -0.15) is 0 Å². The van der Waals surface area contributed by atoms with Gasteiger partial charge in [-0.15, -0.1) is 0 Å². The fraction of sp³-hybridized carbons (Fsp3) is 0.167. The van der Waals surface area contributed by atoms with E-state index in [1.54, 1.807) is 42.5 Å². The summed E-state index contributed by atoms with van der Waals surface area (Å²) < 4.78 is 5.52. The first kappa shape index (κ1) is 18.4. The third-order valence-corrected chi connectivity index (χ3v) is 3.33. The van der Waals surface area contributed by atoms with Gasteiger partial charge in [0.25, 0.3) is 5.91 Å². The van der Waals surface area contributed by atoms with Gasteiger partial charge >= 0.3 is 5.97 Å². The van der Waals surface area contributed by atoms with Gasteiger partial charge in [-0.1, -0.05) is 12.1 Å². The van der Waals surface area contributed by atoms with Crippen LogP contribution in [0.15, 0.2) is 48.5 Å². The van der Waals surface area contributed by atoms with Gasteiger partial charge in [0.2, 0.25) is 0 Å². The van der Waals surface area contributed by atoms with E-state index in [-0.39, 0.29) is 16.8 Å². The smallest absolute Gasteiger partial charge is 0.337 e. The van der Waals surface area contributed by atoms with Gasteiger partial charge in [0.05, 0.1) is 17.4 Å². The summed E-state index contributed by atoms with van der Waals surface area (Å²) in [5, 5.41) is 14.4. The monoisotopic (exact) mass is 358 g/mol. The minimum Gasteiger partial charge on any atom is -0.491 e. The zero-order chi connectivity index (χ0) is 18.4. The number of benzene rings is 2. The van der Waals surface area contributed by atoms with Crippen molar-refractivity contribution in [2.75, 3.05) is 5.32 Å². The number of ether oxygens (including phenoxy) is 1. The molecule has 0 saturated carbocycles. The molecule has 130 valence electrons. The van der Waals surface area contributed by atoms with Crippen molar-refractivity contribution in [3.63, 3.8) is 0 Å². The molecule has 0 aliphatic rings. The standard InChI is InChI=1S/C18H18N2O4S/c1-11(2)24-13-9-7-12(8-10-13)16(21)20-18(25)19-15-6-4-3-5-14(15)17(22)23/h3-11H,1-2H3,(H,22,23)(H2,19,20,21,25). The van der Waals surface area contributed by atoms with Crippen molar-refractivity contribution in [2.45, 2.75) is 20.0 Å². The van der Waals surface area contributed by atoms with Crippen molar-refractivity contribution < 1.29 is 19.4 Å². The molecule has 0 aromatic heterocycles. The highest BCUT2D eigenvalue weighted by Gasteiger charge is 2.12. The Morgan fingerprint density at radius 2 is 1.72 bits per heavy atom. The first-order valence-corrected chi connectivity index (χ1v) is 7.99. The molecule has 6 nitrogen and oxygen atoms in total. The van der Waals surface area contributed by atoms with Crippen LogP contribution in [0.2, 0.25) is 0 Å². The lowest BCUT2D eigenvalue weighted by Gasteiger charge is -2.12. The second-order valence-electron chi connectivity index (χ2n) is 5.45. The van der Waals surface area contributed by atoms with E-state index in [9.17, 15) is 9.59 Å². The molecule has 0 heterocycles. The topological polar surface area (TPSA) is 87.7 Å². The Bertz CT molecular complexity index is 788. The van der Waals surface area contributed by atoms with Crippen molar-refractivity contribution in [3.8, 4) is 5.75 Å². The molecule has 2 aromatic carbocycles. The lowest BCUT2D eigenvalue weighted by Crippen LogP contribution is -2.34. The van der Waals surface area contributed by atoms with Gasteiger partial charge in [-0.3, -0.25) is 10.1 Å². The van der Waals surface area contributed by atoms with Crippen LogP contribution in [0.1, 0.15) is 34.6 Å². The van der Waals surface area contributed by atoms with Gasteiger partial charge in [0.15, 0.2) is 5.11 Å². The first-order chi connectivity index (χ1) is 11.9. The van der Waals surface area contributed by atoms with E-state index in [2.05, 4.69) is 10.6 Å². The van der Waals surface area contributed by atoms with Crippen LogP contribution in [0.5, 0.6) is 5.75 Å². The number of hydrogen-bond donors (Lipinski definition) is 3. The number of aromatic carboxylic acids is 1. The van der Waals surface area contributed by atoms with Crippen LogP contribution in [-0.4, -0.2) is 28.2 Å². The Hall–Kier alpha value is -2.93. The van der Waals surface area contributed by atoms with Crippen molar-refractivity contribution in [1.82, 2.24) is 5.32 Å². The molecule has 3 N–H and O–H groups in total. The molecule has 7 heteroatoms. The molecule has 0 unspecified atom stereocenters. The van der Waals surface area contributed by atoms with E-state index in [1.807, 2.05) is 13.8 Å². The first-order valence-electron chi connectivity index (χ1n) is 7.58. The maximum atomic E-state index is 12.2. The highest BCUT2D eigenvalue weighted by atomic mass is 32.1. The van der Waals surface area contributed by atoms with E-state index in [1.165, 1.54) is 6.07 Å². The van der Waals surface area contributed by atoms with Gasteiger partial charge in [0, 0.05) is 5.56 Å². The molecule has 0 radical (unpaired) electrons. The van der Waals surface area contributed by atoms with E-state index in [0.717, 1.165) is 0 Å². The SMILES string of the molecule is CC(C)Oc1ccc(C(=O)NC(=S)Nc2ccccc2C(=O)O)cc1. The summed E-state index contributed by atoms with van der Waals surface area (Å²) in [6, 6.07) is 12.9. The number of carbonyl (C=O) groups excluding carboxylic acids is 1. The predicted molar refractivity (Wildman–Crippen MR) is 99.3 cm³/mol. The summed E-state index contributed by atoms with van der Waals surface area (Å²) in [5.41, 5.74) is 0.780. The Morgan fingerprint density at radius 1 is 1.08 bits per heavy atom. The van der Waals surface area contributed by atoms with Crippen LogP contribution in [0.3, 0.4) is 0 Å². The van der Waals surface area contributed by atoms with Crippen LogP contribution in [0.4, 0.5) is 5.69 Å². The lowest BCUT2D eigenvalue weighted by atomic mass is 10.2. The summed E-state index contributed by atoms with van der Waals surface area (Å²) in [5.74, 6) is -0.818. The Labute approximate surface area is 150 Å². The normalized spacial score (nSPS) is 10.2. The number of carbonyl (C=O) groups is 2. The summed E-state index contributed by atoms with van der Waals surface area (Å²) >= 11 is 5.08. The molecule has 2 rings (SSSR count). The third-order valence-electron chi connectivity index (χ3n) is 3.12. The van der Waals surface area contributed by atoms with Crippen LogP contribution >= 0.6 is 12.2 Å². The number of amides is 1. The molecule has 25 heavy (non-hydrogen) atoms. The third kappa shape index (κ3) is 5.29. The number of nitrogens with one attached hydrogen (secondary N) is 2. The maximum absolute atomic E-state index is 12.2. The molecule has 1 amide bonds. The minimum atomic E-state index is -1.09. The average molecular weight is 358 g/mol. The zero-order valence-electron chi connectivity index (χ0n) is 13.8. The number of carboxylic acid groups (broad SMARTS) is 1. The van der Waals surface area contributed by atoms with Crippen LogP contribution in [0, 0.1) is 0 Å². The van der Waals surface area contributed by atoms with Crippen molar-refractivity contribution in [3.05, 3.63) is 59.7 Å². The molecule has 0 aliphatic heterocycles. The quantitative estimate of drug-likeness (QED) is 0.711. The molecule has 2 aromatic rings. The highest BCUT2D eigenvalue weighted by molar-refractivity contribution is 7.80. The molecular formula is C18H18N2O4S. The molecule has 0 aliphatic carbocycles. The Balaban J connectivity index is 2.01. The number of rotatable bonds is 5. The van der Waals surface area contributed by atoms with E-state index in [4.69, 9.17) is 22.1 Å². The largest absolute Gasteiger partial charge is 0.491 e. The number of thiocarbonyl (C=S) groups is 1. The average Bonchev–Trinajstić information content (AvgIpc) is 2.55. The predicted octanol–water partition coefficient (Wildman–Crippen LogP) is 3.30. The van der Waals surface area contributed by atoms with E-state index >= 15 is 0 Å². The summed E-state index contributed by atoms with van der Waals surface area (Å²) in [6.07, 6.45) is 0.0470. The summed E-state index contributed by atoms with van der Waals surface area (Å²) in [4.78, 5) is 23.4. The van der Waals surface area contributed by atoms with Crippen LogP contribution < -0.4 is 15.4 Å². The van der Waals surface area contributed by atoms with Crippen LogP contribution in [-0.2, 0) is 0 Å². The summed E-state index contributed by atoms with van der Waals surface area (Å²) in [7, 11) is 0. The molecule has 0 spiro atoms. The zero-order valence-corrected chi connectivity index (χ0v) is 14.6. The highest BCUT2D eigenvalue weighted by Crippen LogP contribution is 2.16. The fourth-order valence-electron chi connectivity index (χ4n) is 2.06. The van der Waals surface area contributed by atoms with Crippen molar-refractivity contribution >= 4 is 34.9 Å². The van der Waals surface area contributed by atoms with Gasteiger partial charge < -0.3 is 15.2 Å². The number of para-hydroxylation sites is 1. The Kier molecular flexibility index (Phi) is 6.08. The lowest BCUT2D eigenvalue weighted by molar-refractivity contribution is 0.0697. The van der Waals surface area contributed by atoms with Gasteiger partial charge in [0.1, 0.15) is 5.75 Å². The van der Waals surface area contributed by atoms with Crippen LogP contribution in [0.25, 0.3) is 0 Å². The number of carboxylic acids is 1. The van der Waals surface area contributed by atoms with Gasteiger partial charge in [-0.05, 0) is 62.5 Å². The number of hydrogen-bond acceptors (Lipinski definition) is 4. The number of anilines is 1. The van der Waals surface area contributed by atoms with Gasteiger partial charge in [-0.25, -0.2) is 4.79 Å². The molecule has 0 atom stereocenters. The summed E-state index contributed by atoms with van der Waals surface area (Å²) in [6.45, 7) is 3.83. The van der Waals surface area contributed by atoms with Crippen molar-refractivity contribution in [1.29, 1.82) is 0 Å². The van der Waals surface area contributed by atoms with E-state index in [0.29, 0.717) is 17.0 Å². The molecule has 0 saturated heterocycles. The second kappa shape index (κ2) is 8.25.